The molecule has 1 atom stereocenters. The molecule has 7 nitrogen and oxygen atoms in total. The van der Waals surface area contributed by atoms with E-state index in [2.05, 4.69) is 5.32 Å². The normalized spacial score (nSPS) is 19.9. The molecule has 2 saturated heterocycles. The van der Waals surface area contributed by atoms with Crippen LogP contribution in [0.25, 0.3) is 0 Å². The Balaban J connectivity index is 1.52. The van der Waals surface area contributed by atoms with Crippen LogP contribution in [0.4, 0.5) is 5.69 Å². The molecular weight excluding hydrogens is 346 g/mol. The van der Waals surface area contributed by atoms with Gasteiger partial charge in [0.15, 0.2) is 11.5 Å². The van der Waals surface area contributed by atoms with E-state index >= 15 is 0 Å². The number of hydrogen-bond donors (Lipinski definition) is 1. The smallest absolute Gasteiger partial charge is 0.224 e. The Morgan fingerprint density at radius 3 is 2.70 bits per heavy atom. The summed E-state index contributed by atoms with van der Waals surface area (Å²) in [5.41, 5.74) is 0.953. The van der Waals surface area contributed by atoms with Crippen molar-refractivity contribution in [2.75, 3.05) is 45.7 Å². The predicted molar refractivity (Wildman–Crippen MR) is 103 cm³/mol. The molecule has 2 fully saturated rings. The number of piperidine rings is 1. The Kier molecular flexibility index (Phi) is 6.42. The Hall–Kier alpha value is -2.44. The van der Waals surface area contributed by atoms with Gasteiger partial charge in [0, 0.05) is 56.8 Å². The largest absolute Gasteiger partial charge is 0.493 e. The first-order valence-corrected chi connectivity index (χ1v) is 9.65. The van der Waals surface area contributed by atoms with Gasteiger partial charge in [-0.05, 0) is 31.4 Å². The highest BCUT2D eigenvalue weighted by Crippen LogP contribution is 2.30. The number of anilines is 1. The molecule has 0 spiro atoms. The van der Waals surface area contributed by atoms with Crippen LogP contribution < -0.4 is 14.8 Å². The Labute approximate surface area is 160 Å². The van der Waals surface area contributed by atoms with Gasteiger partial charge in [0.25, 0.3) is 0 Å². The fourth-order valence-electron chi connectivity index (χ4n) is 3.81. The molecule has 0 saturated carbocycles. The van der Waals surface area contributed by atoms with Gasteiger partial charge in [0.05, 0.1) is 14.2 Å². The minimum atomic E-state index is 0.133. The van der Waals surface area contributed by atoms with E-state index in [0.29, 0.717) is 37.4 Å². The van der Waals surface area contributed by atoms with E-state index in [9.17, 15) is 9.59 Å². The molecule has 27 heavy (non-hydrogen) atoms. The maximum atomic E-state index is 12.6. The van der Waals surface area contributed by atoms with Crippen molar-refractivity contribution in [2.45, 2.75) is 38.1 Å². The maximum Gasteiger partial charge on any atom is 0.224 e. The minimum absolute atomic E-state index is 0.133. The van der Waals surface area contributed by atoms with Gasteiger partial charge in [0.1, 0.15) is 0 Å². The molecule has 3 rings (SSSR count). The van der Waals surface area contributed by atoms with Crippen molar-refractivity contribution >= 4 is 17.5 Å². The fourth-order valence-corrected chi connectivity index (χ4v) is 3.81. The summed E-state index contributed by atoms with van der Waals surface area (Å²) in [7, 11) is 3.24. The van der Waals surface area contributed by atoms with Gasteiger partial charge < -0.3 is 24.6 Å². The highest BCUT2D eigenvalue weighted by Gasteiger charge is 2.26. The lowest BCUT2D eigenvalue weighted by atomic mass is 10.0. The van der Waals surface area contributed by atoms with Gasteiger partial charge in [-0.1, -0.05) is 0 Å². The molecule has 148 valence electrons. The number of rotatable bonds is 7. The molecule has 1 N–H and O–H groups in total. The third-order valence-corrected chi connectivity index (χ3v) is 5.30. The number of carbonyl (C=O) groups excluding carboxylic acids is 2. The number of carbonyl (C=O) groups is 2. The number of ether oxygens (including phenoxy) is 2. The van der Waals surface area contributed by atoms with Crippen LogP contribution in [0.1, 0.15) is 32.1 Å². The molecule has 2 heterocycles. The topological polar surface area (TPSA) is 71.1 Å². The summed E-state index contributed by atoms with van der Waals surface area (Å²) in [6.45, 7) is 2.80. The van der Waals surface area contributed by atoms with Crippen molar-refractivity contribution in [3.63, 3.8) is 0 Å². The minimum Gasteiger partial charge on any atom is -0.493 e. The highest BCUT2D eigenvalue weighted by molar-refractivity contribution is 5.80. The van der Waals surface area contributed by atoms with E-state index in [1.165, 1.54) is 0 Å². The van der Waals surface area contributed by atoms with Gasteiger partial charge in [-0.15, -0.1) is 0 Å². The second-order valence-corrected chi connectivity index (χ2v) is 7.13. The zero-order valence-corrected chi connectivity index (χ0v) is 16.2. The summed E-state index contributed by atoms with van der Waals surface area (Å²) in [6, 6.07) is 5.95. The van der Waals surface area contributed by atoms with Crippen LogP contribution in [-0.4, -0.2) is 68.1 Å². The third-order valence-electron chi connectivity index (χ3n) is 5.30. The molecule has 2 amide bonds. The lowest BCUT2D eigenvalue weighted by Crippen LogP contribution is -2.46. The van der Waals surface area contributed by atoms with Crippen LogP contribution in [-0.2, 0) is 9.59 Å². The average Bonchev–Trinajstić information content (AvgIpc) is 3.11. The molecule has 0 aromatic heterocycles. The van der Waals surface area contributed by atoms with Crippen molar-refractivity contribution in [3.8, 4) is 11.5 Å². The standard InChI is InChI=1S/C20H29N3O4/c1-26-17-8-7-15(13-18(17)27-2)21-16-5-3-11-23(14-16)20(25)9-12-22-10-4-6-19(22)24/h7-8,13,16,21H,3-6,9-12,14H2,1-2H3/t16-/m1/s1. The van der Waals surface area contributed by atoms with Crippen molar-refractivity contribution in [2.24, 2.45) is 0 Å². The molecule has 2 aliphatic heterocycles. The van der Waals surface area contributed by atoms with Gasteiger partial charge in [0.2, 0.25) is 11.8 Å². The first-order chi connectivity index (χ1) is 13.1. The summed E-state index contributed by atoms with van der Waals surface area (Å²) >= 11 is 0. The van der Waals surface area contributed by atoms with Crippen LogP contribution in [0.15, 0.2) is 18.2 Å². The molecule has 2 aliphatic rings. The molecule has 0 bridgehead atoms. The quantitative estimate of drug-likeness (QED) is 0.790. The summed E-state index contributed by atoms with van der Waals surface area (Å²) in [6.07, 6.45) is 3.93. The van der Waals surface area contributed by atoms with Crippen LogP contribution in [0.2, 0.25) is 0 Å². The van der Waals surface area contributed by atoms with Crippen molar-refractivity contribution in [1.29, 1.82) is 0 Å². The highest BCUT2D eigenvalue weighted by atomic mass is 16.5. The summed E-state index contributed by atoms with van der Waals surface area (Å²) in [4.78, 5) is 28.0. The van der Waals surface area contributed by atoms with Crippen LogP contribution >= 0.6 is 0 Å². The van der Waals surface area contributed by atoms with Crippen LogP contribution in [0.5, 0.6) is 11.5 Å². The maximum absolute atomic E-state index is 12.6. The monoisotopic (exact) mass is 375 g/mol. The second-order valence-electron chi connectivity index (χ2n) is 7.13. The SMILES string of the molecule is COc1ccc(N[C@@H]2CCCN(C(=O)CCN3CCCC3=O)C2)cc1OC. The third kappa shape index (κ3) is 4.84. The number of amides is 2. The second kappa shape index (κ2) is 8.97. The zero-order chi connectivity index (χ0) is 19.2. The molecular formula is C20H29N3O4. The van der Waals surface area contributed by atoms with E-state index in [0.717, 1.165) is 38.0 Å². The Bertz CT molecular complexity index is 679. The molecule has 7 heteroatoms. The lowest BCUT2D eigenvalue weighted by molar-refractivity contribution is -0.133. The molecule has 1 aromatic carbocycles. The van der Waals surface area contributed by atoms with Crippen molar-refractivity contribution in [1.82, 2.24) is 9.80 Å². The van der Waals surface area contributed by atoms with Crippen molar-refractivity contribution in [3.05, 3.63) is 18.2 Å². The van der Waals surface area contributed by atoms with Gasteiger partial charge >= 0.3 is 0 Å². The van der Waals surface area contributed by atoms with E-state index in [1.54, 1.807) is 19.1 Å². The van der Waals surface area contributed by atoms with E-state index in [-0.39, 0.29) is 17.9 Å². The van der Waals surface area contributed by atoms with Gasteiger partial charge in [-0.25, -0.2) is 0 Å². The lowest BCUT2D eigenvalue weighted by Gasteiger charge is -2.34. The molecule has 0 radical (unpaired) electrons. The molecule has 0 aliphatic carbocycles. The summed E-state index contributed by atoms with van der Waals surface area (Å²) in [5, 5.41) is 3.50. The van der Waals surface area contributed by atoms with Crippen LogP contribution in [0.3, 0.4) is 0 Å². The van der Waals surface area contributed by atoms with E-state index < -0.39 is 0 Å². The van der Waals surface area contributed by atoms with E-state index in [4.69, 9.17) is 9.47 Å². The van der Waals surface area contributed by atoms with Crippen molar-refractivity contribution < 1.29 is 19.1 Å². The molecule has 0 unspecified atom stereocenters. The first-order valence-electron chi connectivity index (χ1n) is 9.65. The zero-order valence-electron chi connectivity index (χ0n) is 16.2. The van der Waals surface area contributed by atoms with E-state index in [1.807, 2.05) is 23.1 Å². The average molecular weight is 375 g/mol. The summed E-state index contributed by atoms with van der Waals surface area (Å²) < 4.78 is 10.6. The van der Waals surface area contributed by atoms with Crippen LogP contribution in [0, 0.1) is 0 Å². The van der Waals surface area contributed by atoms with Gasteiger partial charge in [-0.3, -0.25) is 9.59 Å². The number of methoxy groups -OCH3 is 2. The number of hydrogen-bond acceptors (Lipinski definition) is 5. The fraction of sp³-hybridized carbons (Fsp3) is 0.600. The Morgan fingerprint density at radius 2 is 2.00 bits per heavy atom. The molecule has 1 aromatic rings. The number of nitrogens with zero attached hydrogens (tertiary/aromatic N) is 2. The number of benzene rings is 1. The number of nitrogens with one attached hydrogen (secondary N) is 1. The van der Waals surface area contributed by atoms with Gasteiger partial charge in [-0.2, -0.15) is 0 Å². The number of likely N-dealkylation sites (tertiary alicyclic amines) is 2. The summed E-state index contributed by atoms with van der Waals surface area (Å²) in [5.74, 6) is 1.68. The Morgan fingerprint density at radius 1 is 1.19 bits per heavy atom. The first kappa shape index (κ1) is 19.3. The predicted octanol–water partition coefficient (Wildman–Crippen LogP) is 2.12.